The Balaban J connectivity index is 1.90. The first-order valence-corrected chi connectivity index (χ1v) is 10.5. The zero-order chi connectivity index (χ0) is 22.6. The topological polar surface area (TPSA) is 40.5 Å². The van der Waals surface area contributed by atoms with E-state index >= 15 is 0 Å². The molecule has 0 aromatic heterocycles. The lowest BCUT2D eigenvalue weighted by Crippen LogP contribution is -2.50. The molecule has 0 saturated carbocycles. The molecule has 2 heterocycles. The van der Waals surface area contributed by atoms with E-state index in [2.05, 4.69) is 26.7 Å². The standard InChI is InChI=1S/C22H31F3N4O2/c1-5-6-20(29-14-21(31-15-29)28-11-9-27(3)10-12-28)18-13-17(30-4)7-8-19(18)26-16(2)22(23,24)25/h6-8,13,21H,5,9-12,14-15H2,1-4H3/b20-6-,26-16?. The van der Waals surface area contributed by atoms with Crippen molar-refractivity contribution in [3.05, 3.63) is 29.8 Å². The molecule has 6 nitrogen and oxygen atoms in total. The molecule has 2 aliphatic heterocycles. The van der Waals surface area contributed by atoms with Crippen molar-refractivity contribution in [2.45, 2.75) is 32.7 Å². The van der Waals surface area contributed by atoms with Crippen LogP contribution < -0.4 is 4.74 Å². The van der Waals surface area contributed by atoms with E-state index in [9.17, 15) is 13.2 Å². The van der Waals surface area contributed by atoms with Crippen LogP contribution in [0.25, 0.3) is 5.70 Å². The van der Waals surface area contributed by atoms with E-state index in [0.717, 1.165) is 45.2 Å². The van der Waals surface area contributed by atoms with Gasteiger partial charge in [-0.05, 0) is 38.6 Å². The first-order chi connectivity index (χ1) is 14.7. The first kappa shape index (κ1) is 23.6. The lowest BCUT2D eigenvalue weighted by molar-refractivity contribution is -0.0591. The van der Waals surface area contributed by atoms with E-state index in [1.165, 1.54) is 7.11 Å². The third-order valence-corrected chi connectivity index (χ3v) is 5.66. The van der Waals surface area contributed by atoms with Gasteiger partial charge in [-0.2, -0.15) is 13.2 Å². The molecule has 31 heavy (non-hydrogen) atoms. The number of hydrogen-bond acceptors (Lipinski definition) is 6. The largest absolute Gasteiger partial charge is 0.497 e. The fourth-order valence-electron chi connectivity index (χ4n) is 3.76. The first-order valence-electron chi connectivity index (χ1n) is 10.5. The van der Waals surface area contributed by atoms with Gasteiger partial charge in [0, 0.05) is 37.4 Å². The highest BCUT2D eigenvalue weighted by molar-refractivity contribution is 5.91. The highest BCUT2D eigenvalue weighted by atomic mass is 19.4. The van der Waals surface area contributed by atoms with Crippen molar-refractivity contribution in [1.82, 2.24) is 14.7 Å². The van der Waals surface area contributed by atoms with E-state index < -0.39 is 11.9 Å². The summed E-state index contributed by atoms with van der Waals surface area (Å²) in [6.07, 6.45) is -1.78. The number of hydrogen-bond donors (Lipinski definition) is 0. The van der Waals surface area contributed by atoms with Crippen LogP contribution in [0, 0.1) is 0 Å². The smallest absolute Gasteiger partial charge is 0.429 e. The predicted molar refractivity (Wildman–Crippen MR) is 116 cm³/mol. The van der Waals surface area contributed by atoms with Gasteiger partial charge >= 0.3 is 6.18 Å². The number of aliphatic imine (C=N–C) groups is 1. The lowest BCUT2D eigenvalue weighted by Gasteiger charge is -2.35. The van der Waals surface area contributed by atoms with E-state index in [1.807, 2.05) is 13.0 Å². The van der Waals surface area contributed by atoms with Crippen molar-refractivity contribution in [2.75, 3.05) is 53.6 Å². The molecule has 2 fully saturated rings. The highest BCUT2D eigenvalue weighted by Crippen LogP contribution is 2.35. The van der Waals surface area contributed by atoms with Gasteiger partial charge in [0.2, 0.25) is 0 Å². The minimum atomic E-state index is -4.48. The number of allylic oxidation sites excluding steroid dienone is 1. The molecule has 0 bridgehead atoms. The molecule has 1 aromatic carbocycles. The van der Waals surface area contributed by atoms with Crippen LogP contribution in [0.1, 0.15) is 25.8 Å². The Bertz CT molecular complexity index is 817. The fraction of sp³-hybridized carbons (Fsp3) is 0.591. The molecular weight excluding hydrogens is 409 g/mol. The molecule has 0 aliphatic carbocycles. The summed E-state index contributed by atoms with van der Waals surface area (Å²) in [5, 5.41) is 0. The van der Waals surface area contributed by atoms with Crippen molar-refractivity contribution in [2.24, 2.45) is 4.99 Å². The molecule has 3 rings (SSSR count). The summed E-state index contributed by atoms with van der Waals surface area (Å²) < 4.78 is 50.8. The van der Waals surface area contributed by atoms with Crippen LogP contribution in [0.15, 0.2) is 29.3 Å². The number of halogens is 3. The molecule has 0 spiro atoms. The van der Waals surface area contributed by atoms with Crippen LogP contribution in [0.5, 0.6) is 5.75 Å². The molecule has 0 radical (unpaired) electrons. The monoisotopic (exact) mass is 440 g/mol. The third kappa shape index (κ3) is 5.78. The second-order valence-corrected chi connectivity index (χ2v) is 7.89. The van der Waals surface area contributed by atoms with Crippen molar-refractivity contribution < 1.29 is 22.6 Å². The molecule has 9 heteroatoms. The van der Waals surface area contributed by atoms with Gasteiger partial charge in [-0.25, -0.2) is 4.99 Å². The van der Waals surface area contributed by atoms with Gasteiger partial charge in [0.15, 0.2) is 0 Å². The zero-order valence-corrected chi connectivity index (χ0v) is 18.6. The average Bonchev–Trinajstić information content (AvgIpc) is 3.22. The molecule has 2 saturated heterocycles. The Morgan fingerprint density at radius 3 is 2.58 bits per heavy atom. The highest BCUT2D eigenvalue weighted by Gasteiger charge is 2.34. The summed E-state index contributed by atoms with van der Waals surface area (Å²) in [7, 11) is 3.64. The Kier molecular flexibility index (Phi) is 7.61. The summed E-state index contributed by atoms with van der Waals surface area (Å²) in [5.74, 6) is 0.566. The van der Waals surface area contributed by atoms with Crippen LogP contribution in [-0.2, 0) is 4.74 Å². The number of likely N-dealkylation sites (N-methyl/N-ethyl adjacent to an activating group) is 1. The van der Waals surface area contributed by atoms with Crippen LogP contribution >= 0.6 is 0 Å². The van der Waals surface area contributed by atoms with Crippen molar-refractivity contribution in [3.63, 3.8) is 0 Å². The van der Waals surface area contributed by atoms with E-state index in [0.29, 0.717) is 24.6 Å². The third-order valence-electron chi connectivity index (χ3n) is 5.66. The summed E-state index contributed by atoms with van der Waals surface area (Å²) in [4.78, 5) is 10.6. The number of piperazine rings is 1. The number of alkyl halides is 3. The molecule has 1 atom stereocenters. The molecule has 172 valence electrons. The van der Waals surface area contributed by atoms with Gasteiger partial charge in [-0.15, -0.1) is 0 Å². The number of benzene rings is 1. The summed E-state index contributed by atoms with van der Waals surface area (Å²) in [6.45, 7) is 7.85. The average molecular weight is 441 g/mol. The molecule has 0 amide bonds. The van der Waals surface area contributed by atoms with Crippen molar-refractivity contribution in [1.29, 1.82) is 0 Å². The minimum Gasteiger partial charge on any atom is -0.497 e. The van der Waals surface area contributed by atoms with Gasteiger partial charge < -0.3 is 19.3 Å². The fourth-order valence-corrected chi connectivity index (χ4v) is 3.76. The minimum absolute atomic E-state index is 0.0385. The van der Waals surface area contributed by atoms with E-state index in [-0.39, 0.29) is 11.9 Å². The summed E-state index contributed by atoms with van der Waals surface area (Å²) >= 11 is 0. The van der Waals surface area contributed by atoms with Gasteiger partial charge in [0.25, 0.3) is 0 Å². The van der Waals surface area contributed by atoms with Crippen LogP contribution in [0.4, 0.5) is 18.9 Å². The zero-order valence-electron chi connectivity index (χ0n) is 18.6. The Morgan fingerprint density at radius 2 is 1.97 bits per heavy atom. The maximum Gasteiger partial charge on any atom is 0.429 e. The van der Waals surface area contributed by atoms with Crippen molar-refractivity contribution in [3.8, 4) is 5.75 Å². The number of ether oxygens (including phenoxy) is 2. The summed E-state index contributed by atoms with van der Waals surface area (Å²) in [5.41, 5.74) is 0.792. The maximum atomic E-state index is 13.1. The van der Waals surface area contributed by atoms with Crippen molar-refractivity contribution >= 4 is 17.1 Å². The molecule has 1 aromatic rings. The number of rotatable bonds is 6. The second-order valence-electron chi connectivity index (χ2n) is 7.89. The molecule has 0 N–H and O–H groups in total. The van der Waals surface area contributed by atoms with Gasteiger partial charge in [-0.1, -0.05) is 13.0 Å². The maximum absolute atomic E-state index is 13.1. The molecular formula is C22H31F3N4O2. The lowest BCUT2D eigenvalue weighted by atomic mass is 10.1. The van der Waals surface area contributed by atoms with Gasteiger partial charge in [0.05, 0.1) is 19.3 Å². The normalized spacial score (nSPS) is 22.3. The van der Waals surface area contributed by atoms with Crippen LogP contribution in [-0.4, -0.2) is 86.4 Å². The van der Waals surface area contributed by atoms with Gasteiger partial charge in [0.1, 0.15) is 24.4 Å². The van der Waals surface area contributed by atoms with E-state index in [1.54, 1.807) is 18.2 Å². The SMILES string of the molecule is CC/C=C(/c1cc(OC)ccc1N=C(C)C(F)(F)F)N1COC(N2CCN(C)CC2)C1. The Morgan fingerprint density at radius 1 is 1.26 bits per heavy atom. The Labute approximate surface area is 181 Å². The second kappa shape index (κ2) is 10.0. The number of nitrogens with zero attached hydrogens (tertiary/aromatic N) is 4. The van der Waals surface area contributed by atoms with Crippen LogP contribution in [0.3, 0.4) is 0 Å². The predicted octanol–water partition coefficient (Wildman–Crippen LogP) is 3.96. The quantitative estimate of drug-likeness (QED) is 0.627. The molecule has 2 aliphatic rings. The Hall–Kier alpha value is -2.10. The molecule has 1 unspecified atom stereocenters. The summed E-state index contributed by atoms with van der Waals surface area (Å²) in [6, 6.07) is 4.94. The van der Waals surface area contributed by atoms with Gasteiger partial charge in [-0.3, -0.25) is 4.90 Å². The van der Waals surface area contributed by atoms with E-state index in [4.69, 9.17) is 9.47 Å². The number of methoxy groups -OCH3 is 1. The van der Waals surface area contributed by atoms with Crippen LogP contribution in [0.2, 0.25) is 0 Å².